The Morgan fingerprint density at radius 3 is 2.38 bits per heavy atom. The highest BCUT2D eigenvalue weighted by molar-refractivity contribution is 5.67. The van der Waals surface area contributed by atoms with Crippen LogP contribution in [0.25, 0.3) is 0 Å². The molecule has 0 bridgehead atoms. The Morgan fingerprint density at radius 2 is 1.86 bits per heavy atom. The van der Waals surface area contributed by atoms with E-state index in [2.05, 4.69) is 15.3 Å². The van der Waals surface area contributed by atoms with Gasteiger partial charge in [-0.1, -0.05) is 0 Å². The molecule has 2 heterocycles. The zero-order valence-electron chi connectivity index (χ0n) is 13.2. The second-order valence-corrected chi connectivity index (χ2v) is 5.81. The molecule has 0 radical (unpaired) electrons. The molecule has 21 heavy (non-hydrogen) atoms. The van der Waals surface area contributed by atoms with Crippen molar-refractivity contribution in [2.75, 3.05) is 18.4 Å². The average Bonchev–Trinajstić information content (AvgIpc) is 2.37. The average molecular weight is 292 g/mol. The van der Waals surface area contributed by atoms with E-state index in [0.717, 1.165) is 24.2 Å². The third kappa shape index (κ3) is 4.58. The molecule has 0 atom stereocenters. The number of hydrogen-bond acceptors (Lipinski definition) is 5. The molecule has 6 nitrogen and oxygen atoms in total. The Kier molecular flexibility index (Phi) is 4.98. The maximum atomic E-state index is 11.8. The van der Waals surface area contributed by atoms with Gasteiger partial charge in [0.05, 0.1) is 6.10 Å². The van der Waals surface area contributed by atoms with E-state index in [1.807, 2.05) is 33.8 Å². The Hall–Kier alpha value is -1.85. The number of carbonyl (C=O) groups excluding carboxylic acids is 1. The lowest BCUT2D eigenvalue weighted by Crippen LogP contribution is -2.43. The zero-order valence-corrected chi connectivity index (χ0v) is 13.2. The van der Waals surface area contributed by atoms with Crippen molar-refractivity contribution < 1.29 is 9.53 Å². The fourth-order valence-electron chi connectivity index (χ4n) is 2.46. The van der Waals surface area contributed by atoms with Crippen LogP contribution < -0.4 is 5.32 Å². The number of carbonyl (C=O) groups is 1. The van der Waals surface area contributed by atoms with Gasteiger partial charge in [0.15, 0.2) is 0 Å². The lowest BCUT2D eigenvalue weighted by Gasteiger charge is -2.32. The first-order valence-corrected chi connectivity index (χ1v) is 7.48. The van der Waals surface area contributed by atoms with Gasteiger partial charge in [-0.15, -0.1) is 0 Å². The standard InChI is InChI=1S/C15H24N4O2/c1-10(2)21-15(20)19-7-5-13(6-8-19)18-14-16-11(3)9-12(4)17-14/h9-10,13H,5-8H2,1-4H3,(H,16,17,18). The van der Waals surface area contributed by atoms with Crippen molar-refractivity contribution in [1.82, 2.24) is 14.9 Å². The van der Waals surface area contributed by atoms with Gasteiger partial charge in [0.25, 0.3) is 0 Å². The molecule has 1 aromatic heterocycles. The summed E-state index contributed by atoms with van der Waals surface area (Å²) >= 11 is 0. The highest BCUT2D eigenvalue weighted by atomic mass is 16.6. The third-order valence-electron chi connectivity index (χ3n) is 3.41. The van der Waals surface area contributed by atoms with Gasteiger partial charge in [-0.05, 0) is 46.6 Å². The molecule has 6 heteroatoms. The Balaban J connectivity index is 1.85. The van der Waals surface area contributed by atoms with Crippen LogP contribution in [-0.2, 0) is 4.74 Å². The molecule has 1 amide bonds. The van der Waals surface area contributed by atoms with E-state index < -0.39 is 0 Å². The van der Waals surface area contributed by atoms with E-state index in [9.17, 15) is 4.79 Å². The first-order valence-electron chi connectivity index (χ1n) is 7.48. The van der Waals surface area contributed by atoms with E-state index in [4.69, 9.17) is 4.74 Å². The van der Waals surface area contributed by atoms with Crippen molar-refractivity contribution in [2.24, 2.45) is 0 Å². The van der Waals surface area contributed by atoms with E-state index in [-0.39, 0.29) is 12.2 Å². The summed E-state index contributed by atoms with van der Waals surface area (Å²) in [6.45, 7) is 9.06. The topological polar surface area (TPSA) is 67.4 Å². The lowest BCUT2D eigenvalue weighted by atomic mass is 10.1. The first kappa shape index (κ1) is 15.5. The van der Waals surface area contributed by atoms with Crippen molar-refractivity contribution in [3.05, 3.63) is 17.5 Å². The minimum Gasteiger partial charge on any atom is -0.447 e. The molecule has 1 aliphatic rings. The number of anilines is 1. The SMILES string of the molecule is Cc1cc(C)nc(NC2CCN(C(=O)OC(C)C)CC2)n1. The number of nitrogens with one attached hydrogen (secondary N) is 1. The number of rotatable bonds is 3. The molecule has 0 saturated carbocycles. The predicted octanol–water partition coefficient (Wildman–Crippen LogP) is 2.51. The van der Waals surface area contributed by atoms with Gasteiger partial charge in [-0.25, -0.2) is 14.8 Å². The van der Waals surface area contributed by atoms with E-state index in [1.54, 1.807) is 4.90 Å². The first-order chi connectivity index (χ1) is 9.94. The van der Waals surface area contributed by atoms with Crippen LogP contribution >= 0.6 is 0 Å². The largest absolute Gasteiger partial charge is 0.447 e. The molecule has 1 aromatic rings. The van der Waals surface area contributed by atoms with Gasteiger partial charge in [-0.2, -0.15) is 0 Å². The Bertz CT molecular complexity index is 476. The second kappa shape index (κ2) is 6.74. The number of likely N-dealkylation sites (tertiary alicyclic amines) is 1. The molecule has 116 valence electrons. The highest BCUT2D eigenvalue weighted by Gasteiger charge is 2.24. The monoisotopic (exact) mass is 292 g/mol. The van der Waals surface area contributed by atoms with Gasteiger partial charge >= 0.3 is 6.09 Å². The van der Waals surface area contributed by atoms with Crippen LogP contribution in [0.2, 0.25) is 0 Å². The molecule has 1 aliphatic heterocycles. The summed E-state index contributed by atoms with van der Waals surface area (Å²) in [5, 5.41) is 3.36. The minimum atomic E-state index is -0.217. The van der Waals surface area contributed by atoms with Crippen LogP contribution in [0.5, 0.6) is 0 Å². The number of amides is 1. The summed E-state index contributed by atoms with van der Waals surface area (Å²) in [5.74, 6) is 0.677. The number of aromatic nitrogens is 2. The quantitative estimate of drug-likeness (QED) is 0.927. The van der Waals surface area contributed by atoms with Crippen molar-refractivity contribution >= 4 is 12.0 Å². The molecular weight excluding hydrogens is 268 g/mol. The van der Waals surface area contributed by atoms with Gasteiger partial charge in [-0.3, -0.25) is 0 Å². The minimum absolute atomic E-state index is 0.0722. The smallest absolute Gasteiger partial charge is 0.410 e. The summed E-state index contributed by atoms with van der Waals surface area (Å²) in [4.78, 5) is 22.4. The predicted molar refractivity (Wildman–Crippen MR) is 81.3 cm³/mol. The Labute approximate surface area is 125 Å². The summed E-state index contributed by atoms with van der Waals surface area (Å²) in [7, 11) is 0. The zero-order chi connectivity index (χ0) is 15.4. The van der Waals surface area contributed by atoms with Crippen LogP contribution in [0.15, 0.2) is 6.07 Å². The molecule has 0 aliphatic carbocycles. The maximum absolute atomic E-state index is 11.8. The van der Waals surface area contributed by atoms with Crippen molar-refractivity contribution in [3.8, 4) is 0 Å². The number of hydrogen-bond donors (Lipinski definition) is 1. The normalized spacial score (nSPS) is 16.1. The molecule has 1 saturated heterocycles. The van der Waals surface area contributed by atoms with Crippen LogP contribution in [-0.4, -0.2) is 46.2 Å². The van der Waals surface area contributed by atoms with E-state index in [0.29, 0.717) is 25.1 Å². The Morgan fingerprint density at radius 1 is 1.29 bits per heavy atom. The second-order valence-electron chi connectivity index (χ2n) is 5.81. The van der Waals surface area contributed by atoms with Gasteiger partial charge in [0.1, 0.15) is 0 Å². The molecule has 0 aromatic carbocycles. The van der Waals surface area contributed by atoms with Crippen LogP contribution in [0.4, 0.5) is 10.7 Å². The van der Waals surface area contributed by atoms with Crippen molar-refractivity contribution in [3.63, 3.8) is 0 Å². The van der Waals surface area contributed by atoms with E-state index in [1.165, 1.54) is 0 Å². The van der Waals surface area contributed by atoms with E-state index >= 15 is 0 Å². The molecular formula is C15H24N4O2. The summed E-state index contributed by atoms with van der Waals surface area (Å²) in [6.07, 6.45) is 1.47. The van der Waals surface area contributed by atoms with Gasteiger partial charge in [0.2, 0.25) is 5.95 Å². The highest BCUT2D eigenvalue weighted by Crippen LogP contribution is 2.16. The fourth-order valence-corrected chi connectivity index (χ4v) is 2.46. The van der Waals surface area contributed by atoms with Crippen LogP contribution in [0.3, 0.4) is 0 Å². The number of nitrogens with zero attached hydrogens (tertiary/aromatic N) is 3. The summed E-state index contributed by atoms with van der Waals surface area (Å²) < 4.78 is 5.22. The molecule has 0 spiro atoms. The fraction of sp³-hybridized carbons (Fsp3) is 0.667. The molecule has 0 unspecified atom stereocenters. The molecule has 1 N–H and O–H groups in total. The van der Waals surface area contributed by atoms with Crippen LogP contribution in [0.1, 0.15) is 38.1 Å². The van der Waals surface area contributed by atoms with Gasteiger partial charge in [0, 0.05) is 30.5 Å². The summed E-state index contributed by atoms with van der Waals surface area (Å²) in [6, 6.07) is 2.25. The molecule has 2 rings (SSSR count). The van der Waals surface area contributed by atoms with Crippen molar-refractivity contribution in [1.29, 1.82) is 0 Å². The third-order valence-corrected chi connectivity index (χ3v) is 3.41. The number of ether oxygens (including phenoxy) is 1. The number of piperidine rings is 1. The molecule has 1 fully saturated rings. The maximum Gasteiger partial charge on any atom is 0.410 e. The number of aryl methyl sites for hydroxylation is 2. The lowest BCUT2D eigenvalue weighted by molar-refractivity contribution is 0.0701. The van der Waals surface area contributed by atoms with Gasteiger partial charge < -0.3 is 15.0 Å². The van der Waals surface area contributed by atoms with Crippen LogP contribution in [0, 0.1) is 13.8 Å². The van der Waals surface area contributed by atoms with Crippen molar-refractivity contribution in [2.45, 2.75) is 52.7 Å². The summed E-state index contributed by atoms with van der Waals surface area (Å²) in [5.41, 5.74) is 1.92.